The minimum absolute atomic E-state index is 0.0297. The number of nitro groups is 2. The molecule has 0 aromatic heterocycles. The first-order valence-electron chi connectivity index (χ1n) is 13.4. The molecule has 3 aromatic rings. The zero-order valence-corrected chi connectivity index (χ0v) is 24.5. The summed E-state index contributed by atoms with van der Waals surface area (Å²) in [5, 5.41) is 24.9. The summed E-state index contributed by atoms with van der Waals surface area (Å²) in [6.45, 7) is -1.40. The van der Waals surface area contributed by atoms with Crippen molar-refractivity contribution in [3.05, 3.63) is 97.6 Å². The number of esters is 2. The number of amides is 1. The Bertz CT molecular complexity index is 1690. The summed E-state index contributed by atoms with van der Waals surface area (Å²) in [5.74, 6) is -3.74. The van der Waals surface area contributed by atoms with Gasteiger partial charge < -0.3 is 24.3 Å². The van der Waals surface area contributed by atoms with Crippen molar-refractivity contribution in [2.24, 2.45) is 0 Å². The molecular formula is C30H27N3O13. The van der Waals surface area contributed by atoms with E-state index in [1.54, 1.807) is 6.07 Å². The zero-order chi connectivity index (χ0) is 33.8. The average molecular weight is 638 g/mol. The number of methoxy groups -OCH3 is 2. The highest BCUT2D eigenvalue weighted by Gasteiger charge is 2.22. The van der Waals surface area contributed by atoms with E-state index in [2.05, 4.69) is 5.32 Å². The first kappa shape index (κ1) is 34.3. The van der Waals surface area contributed by atoms with Gasteiger partial charge in [0.05, 0.1) is 35.3 Å². The van der Waals surface area contributed by atoms with Gasteiger partial charge in [0.2, 0.25) is 17.5 Å². The van der Waals surface area contributed by atoms with Gasteiger partial charge in [0.25, 0.3) is 0 Å². The quantitative estimate of drug-likeness (QED) is 0.101. The fraction of sp³-hybridized carbons (Fsp3) is 0.233. The van der Waals surface area contributed by atoms with E-state index >= 15 is 0 Å². The Balaban J connectivity index is 1.48. The van der Waals surface area contributed by atoms with Gasteiger partial charge in [-0.2, -0.15) is 0 Å². The molecule has 0 saturated carbocycles. The molecule has 0 bridgehead atoms. The first-order chi connectivity index (χ1) is 21.9. The fourth-order valence-corrected chi connectivity index (χ4v) is 3.98. The third kappa shape index (κ3) is 9.15. The van der Waals surface area contributed by atoms with Crippen molar-refractivity contribution >= 4 is 46.5 Å². The molecule has 16 nitrogen and oxygen atoms in total. The maximum Gasteiger partial charge on any atom is 0.340 e. The number of para-hydroxylation sites is 1. The number of Topliss-reactive ketones (excluding diaryl/α,β-unsaturated/α-hetero) is 2. The average Bonchev–Trinajstić information content (AvgIpc) is 3.05. The standard InChI is InChI=1S/C30H27N3O13/c1-43-26-12-10-18(14-22(26)32(39)40)24(34)16-45-29(37)9-5-8-28(36)31-21-7-4-3-6-20(21)30(38)46-17-25(35)19-11-13-27(44-2)23(15-19)33(41)42/h3-4,6-7,10-15H,5,8-9,16-17H2,1-2H3,(H,31,36). The monoisotopic (exact) mass is 637 g/mol. The molecule has 0 aliphatic heterocycles. The smallest absolute Gasteiger partial charge is 0.340 e. The topological polar surface area (TPSA) is 221 Å². The number of carbonyl (C=O) groups excluding carboxylic acids is 5. The highest BCUT2D eigenvalue weighted by molar-refractivity contribution is 6.03. The number of rotatable bonds is 16. The van der Waals surface area contributed by atoms with E-state index in [-0.39, 0.29) is 53.1 Å². The highest BCUT2D eigenvalue weighted by Crippen LogP contribution is 2.29. The molecular weight excluding hydrogens is 610 g/mol. The number of nitrogens with one attached hydrogen (secondary N) is 1. The molecule has 3 aromatic carbocycles. The van der Waals surface area contributed by atoms with Gasteiger partial charge in [0.1, 0.15) is 0 Å². The van der Waals surface area contributed by atoms with Gasteiger partial charge in [0, 0.05) is 36.1 Å². The van der Waals surface area contributed by atoms with Crippen LogP contribution in [0.2, 0.25) is 0 Å². The molecule has 0 heterocycles. The van der Waals surface area contributed by atoms with Gasteiger partial charge >= 0.3 is 23.3 Å². The molecule has 0 aliphatic carbocycles. The SMILES string of the molecule is COc1ccc(C(=O)COC(=O)CCCC(=O)Nc2ccccc2C(=O)OCC(=O)c2ccc(OC)c([N+](=O)[O-])c2)cc1[N+](=O)[O-]. The van der Waals surface area contributed by atoms with Crippen LogP contribution in [0.5, 0.6) is 11.5 Å². The van der Waals surface area contributed by atoms with Crippen LogP contribution in [0.25, 0.3) is 0 Å². The van der Waals surface area contributed by atoms with E-state index in [0.29, 0.717) is 0 Å². The number of nitro benzene ring substituents is 2. The highest BCUT2D eigenvalue weighted by atomic mass is 16.6. The Morgan fingerprint density at radius 1 is 0.717 bits per heavy atom. The van der Waals surface area contributed by atoms with Crippen molar-refractivity contribution in [1.82, 2.24) is 0 Å². The fourth-order valence-electron chi connectivity index (χ4n) is 3.98. The summed E-state index contributed by atoms with van der Waals surface area (Å²) in [4.78, 5) is 83.0. The van der Waals surface area contributed by atoms with Crippen molar-refractivity contribution in [1.29, 1.82) is 0 Å². The minimum Gasteiger partial charge on any atom is -0.490 e. The van der Waals surface area contributed by atoms with Gasteiger partial charge in [-0.1, -0.05) is 12.1 Å². The van der Waals surface area contributed by atoms with Crippen LogP contribution in [0.3, 0.4) is 0 Å². The molecule has 0 spiro atoms. The van der Waals surface area contributed by atoms with Crippen molar-refractivity contribution in [3.63, 3.8) is 0 Å². The van der Waals surface area contributed by atoms with Crippen LogP contribution in [0.1, 0.15) is 50.3 Å². The van der Waals surface area contributed by atoms with Crippen LogP contribution in [0.15, 0.2) is 60.7 Å². The van der Waals surface area contributed by atoms with E-state index in [0.717, 1.165) is 12.1 Å². The Labute approximate surface area is 260 Å². The van der Waals surface area contributed by atoms with E-state index < -0.39 is 63.8 Å². The number of ether oxygens (including phenoxy) is 4. The molecule has 0 atom stereocenters. The lowest BCUT2D eigenvalue weighted by Gasteiger charge is -2.11. The molecule has 0 fully saturated rings. The Morgan fingerprint density at radius 3 is 1.76 bits per heavy atom. The predicted octanol–water partition coefficient (Wildman–Crippen LogP) is 4.09. The number of nitrogens with zero attached hydrogens (tertiary/aromatic N) is 2. The second-order valence-corrected chi connectivity index (χ2v) is 9.32. The third-order valence-corrected chi connectivity index (χ3v) is 6.30. The molecule has 0 unspecified atom stereocenters. The number of hydrogen-bond donors (Lipinski definition) is 1. The van der Waals surface area contributed by atoms with Gasteiger partial charge in [0.15, 0.2) is 24.7 Å². The molecule has 0 aliphatic rings. The summed E-state index contributed by atoms with van der Waals surface area (Å²) in [5.41, 5.74) is -0.972. The van der Waals surface area contributed by atoms with Gasteiger partial charge in [-0.15, -0.1) is 0 Å². The molecule has 3 rings (SSSR count). The summed E-state index contributed by atoms with van der Waals surface area (Å²) < 4.78 is 19.8. The van der Waals surface area contributed by atoms with Crippen LogP contribution in [0, 0.1) is 20.2 Å². The normalized spacial score (nSPS) is 10.3. The summed E-state index contributed by atoms with van der Waals surface area (Å²) in [6.07, 6.45) is -0.355. The van der Waals surface area contributed by atoms with Crippen molar-refractivity contribution in [2.75, 3.05) is 32.8 Å². The number of carbonyl (C=O) groups is 5. The molecule has 46 heavy (non-hydrogen) atoms. The predicted molar refractivity (Wildman–Crippen MR) is 158 cm³/mol. The Morgan fingerprint density at radius 2 is 1.24 bits per heavy atom. The van der Waals surface area contributed by atoms with E-state index in [1.165, 1.54) is 56.7 Å². The number of ketones is 2. The molecule has 0 radical (unpaired) electrons. The maximum absolute atomic E-state index is 12.7. The molecule has 1 N–H and O–H groups in total. The number of hydrogen-bond acceptors (Lipinski definition) is 13. The van der Waals surface area contributed by atoms with Gasteiger partial charge in [-0.25, -0.2) is 4.79 Å². The summed E-state index contributed by atoms with van der Waals surface area (Å²) in [6, 6.07) is 12.9. The number of anilines is 1. The van der Waals surface area contributed by atoms with Crippen LogP contribution in [0.4, 0.5) is 17.1 Å². The number of benzene rings is 3. The van der Waals surface area contributed by atoms with E-state index in [9.17, 15) is 44.2 Å². The summed E-state index contributed by atoms with van der Waals surface area (Å²) >= 11 is 0. The largest absolute Gasteiger partial charge is 0.490 e. The summed E-state index contributed by atoms with van der Waals surface area (Å²) in [7, 11) is 2.49. The van der Waals surface area contributed by atoms with Crippen LogP contribution in [-0.4, -0.2) is 66.7 Å². The second-order valence-electron chi connectivity index (χ2n) is 9.32. The van der Waals surface area contributed by atoms with Gasteiger partial charge in [-0.3, -0.25) is 39.4 Å². The van der Waals surface area contributed by atoms with Gasteiger partial charge in [-0.05, 0) is 42.8 Å². The Kier molecular flexibility index (Phi) is 12.0. The maximum atomic E-state index is 12.7. The molecule has 16 heteroatoms. The van der Waals surface area contributed by atoms with Crippen molar-refractivity contribution < 1.29 is 52.8 Å². The van der Waals surface area contributed by atoms with Crippen LogP contribution >= 0.6 is 0 Å². The lowest BCUT2D eigenvalue weighted by molar-refractivity contribution is -0.385. The van der Waals surface area contributed by atoms with Crippen molar-refractivity contribution in [2.45, 2.75) is 19.3 Å². The first-order valence-corrected chi connectivity index (χ1v) is 13.4. The minimum atomic E-state index is -0.942. The van der Waals surface area contributed by atoms with Crippen LogP contribution < -0.4 is 14.8 Å². The second kappa shape index (κ2) is 16.0. The zero-order valence-electron chi connectivity index (χ0n) is 24.5. The lowest BCUT2D eigenvalue weighted by Crippen LogP contribution is -2.18. The van der Waals surface area contributed by atoms with E-state index in [4.69, 9.17) is 18.9 Å². The van der Waals surface area contributed by atoms with Crippen LogP contribution in [-0.2, 0) is 19.1 Å². The molecule has 0 saturated heterocycles. The molecule has 1 amide bonds. The van der Waals surface area contributed by atoms with E-state index in [1.807, 2.05) is 0 Å². The van der Waals surface area contributed by atoms with Crippen molar-refractivity contribution in [3.8, 4) is 11.5 Å². The lowest BCUT2D eigenvalue weighted by atomic mass is 10.1. The molecule has 240 valence electrons. The Hall–Kier alpha value is -6.19. The third-order valence-electron chi connectivity index (χ3n) is 6.30.